The molecule has 0 saturated heterocycles. The molecule has 0 heterocycles. The minimum atomic E-state index is 0.765. The zero-order valence-electron chi connectivity index (χ0n) is 22.2. The smallest absolute Gasteiger partial charge is 0.00671 e. The molecule has 0 aromatic carbocycles. The number of hydrogen-bond donors (Lipinski definition) is 1. The first-order chi connectivity index (χ1) is 16.9. The van der Waals surface area contributed by atoms with Crippen molar-refractivity contribution in [1.82, 2.24) is 5.32 Å². The summed E-state index contributed by atoms with van der Waals surface area (Å²) >= 11 is 0. The molecule has 2 rings (SSSR count). The standard InChI is InChI=1S/C33H53N/c1-2-31-23-17-11-8-9-15-21-27-33(29-28-31)34-30-22-16-10-14-20-26-32-24-18-12-6-4-3-5-7-13-19-25-32/h3-7,12-13,18-19,24-25,31,33-34H,2,8-11,14-17,20-23,26-30H2,1H3/b4-3-,5-3?,6-4?,7-5-,12-6-,13-7?,18-12?,19-13-,24-18?,25-19?,32-24?,32-25?. The van der Waals surface area contributed by atoms with Crippen LogP contribution in [0.4, 0.5) is 0 Å². The molecule has 2 aliphatic rings. The highest BCUT2D eigenvalue weighted by Gasteiger charge is 2.13. The summed E-state index contributed by atoms with van der Waals surface area (Å²) in [7, 11) is 0. The van der Waals surface area contributed by atoms with E-state index in [0.717, 1.165) is 12.0 Å². The summed E-state index contributed by atoms with van der Waals surface area (Å²) in [6, 6.07) is 0.765. The number of rotatable bonds is 10. The molecule has 2 aliphatic carbocycles. The molecule has 0 amide bonds. The maximum absolute atomic E-state index is 3.95. The predicted octanol–water partition coefficient (Wildman–Crippen LogP) is 9.95. The highest BCUT2D eigenvalue weighted by molar-refractivity contribution is 5.29. The number of nitrogens with one attached hydrogen (secondary N) is 1. The predicted molar refractivity (Wildman–Crippen MR) is 153 cm³/mol. The van der Waals surface area contributed by atoms with Gasteiger partial charge >= 0.3 is 0 Å². The van der Waals surface area contributed by atoms with Crippen molar-refractivity contribution >= 4 is 0 Å². The summed E-state index contributed by atoms with van der Waals surface area (Å²) in [5.41, 5.74) is 1.42. The minimum absolute atomic E-state index is 0.765. The summed E-state index contributed by atoms with van der Waals surface area (Å²) < 4.78 is 0. The molecule has 0 aliphatic heterocycles. The Kier molecular flexibility index (Phi) is 17.5. The van der Waals surface area contributed by atoms with E-state index in [9.17, 15) is 0 Å². The quantitative estimate of drug-likeness (QED) is 0.318. The second kappa shape index (κ2) is 20.7. The lowest BCUT2D eigenvalue weighted by Gasteiger charge is -2.23. The topological polar surface area (TPSA) is 12.0 Å². The van der Waals surface area contributed by atoms with E-state index in [-0.39, 0.29) is 0 Å². The van der Waals surface area contributed by atoms with Gasteiger partial charge in [0.2, 0.25) is 0 Å². The molecule has 1 saturated carbocycles. The van der Waals surface area contributed by atoms with Gasteiger partial charge in [0.05, 0.1) is 0 Å². The van der Waals surface area contributed by atoms with E-state index in [0.29, 0.717) is 0 Å². The molecule has 0 bridgehead atoms. The molecule has 1 fully saturated rings. The van der Waals surface area contributed by atoms with E-state index in [1.165, 1.54) is 121 Å². The van der Waals surface area contributed by atoms with E-state index >= 15 is 0 Å². The molecule has 0 aromatic rings. The molecular weight excluding hydrogens is 410 g/mol. The lowest BCUT2D eigenvalue weighted by Crippen LogP contribution is -2.30. The molecule has 2 unspecified atom stereocenters. The molecule has 0 spiro atoms. The maximum Gasteiger partial charge on any atom is 0.00671 e. The first-order valence-corrected chi connectivity index (χ1v) is 14.7. The van der Waals surface area contributed by atoms with Gasteiger partial charge in [0, 0.05) is 6.04 Å². The zero-order chi connectivity index (χ0) is 23.9. The third-order valence-electron chi connectivity index (χ3n) is 7.50. The Hall–Kier alpha value is -1.60. The molecule has 1 N–H and O–H groups in total. The van der Waals surface area contributed by atoms with Gasteiger partial charge in [-0.15, -0.1) is 0 Å². The van der Waals surface area contributed by atoms with Crippen molar-refractivity contribution in [3.8, 4) is 0 Å². The number of unbranched alkanes of at least 4 members (excludes halogenated alkanes) is 4. The summed E-state index contributed by atoms with van der Waals surface area (Å²) in [6.45, 7) is 3.62. The fraction of sp³-hybridized carbons (Fsp3) is 0.636. The summed E-state index contributed by atoms with van der Waals surface area (Å²) in [5.74, 6) is 0.967. The minimum Gasteiger partial charge on any atom is -0.314 e. The average Bonchev–Trinajstić information content (AvgIpc) is 2.83. The Morgan fingerprint density at radius 1 is 0.618 bits per heavy atom. The van der Waals surface area contributed by atoms with Crippen molar-refractivity contribution in [2.45, 2.75) is 122 Å². The van der Waals surface area contributed by atoms with Crippen LogP contribution < -0.4 is 5.32 Å². The second-order valence-electron chi connectivity index (χ2n) is 10.4. The lowest BCUT2D eigenvalue weighted by molar-refractivity contribution is 0.340. The van der Waals surface area contributed by atoms with Crippen molar-refractivity contribution in [2.75, 3.05) is 6.54 Å². The Bertz CT molecular complexity index is 660. The fourth-order valence-corrected chi connectivity index (χ4v) is 5.19. The van der Waals surface area contributed by atoms with Gasteiger partial charge in [0.15, 0.2) is 0 Å². The Morgan fingerprint density at radius 3 is 2.00 bits per heavy atom. The van der Waals surface area contributed by atoms with Crippen LogP contribution in [0.2, 0.25) is 0 Å². The molecule has 1 nitrogen and oxygen atoms in total. The molecule has 2 atom stereocenters. The van der Waals surface area contributed by atoms with Crippen molar-refractivity contribution in [2.24, 2.45) is 5.92 Å². The maximum atomic E-state index is 3.95. The lowest BCUT2D eigenvalue weighted by atomic mass is 9.89. The van der Waals surface area contributed by atoms with Crippen LogP contribution in [-0.4, -0.2) is 12.6 Å². The van der Waals surface area contributed by atoms with Crippen LogP contribution in [0, 0.1) is 5.92 Å². The van der Waals surface area contributed by atoms with Gasteiger partial charge in [-0.2, -0.15) is 0 Å². The Labute approximate surface area is 212 Å². The monoisotopic (exact) mass is 463 g/mol. The largest absolute Gasteiger partial charge is 0.314 e. The van der Waals surface area contributed by atoms with Crippen molar-refractivity contribution in [1.29, 1.82) is 0 Å². The van der Waals surface area contributed by atoms with Crippen LogP contribution >= 0.6 is 0 Å². The molecular formula is C33H53N. The van der Waals surface area contributed by atoms with E-state index in [2.05, 4.69) is 79.1 Å². The highest BCUT2D eigenvalue weighted by Crippen LogP contribution is 2.23. The van der Waals surface area contributed by atoms with Gasteiger partial charge in [-0.1, -0.05) is 144 Å². The third kappa shape index (κ3) is 15.3. The zero-order valence-corrected chi connectivity index (χ0v) is 22.2. The summed E-state index contributed by atoms with van der Waals surface area (Å²) in [5, 5.41) is 3.95. The van der Waals surface area contributed by atoms with E-state index in [1.807, 2.05) is 0 Å². The Balaban J connectivity index is 1.59. The molecule has 0 radical (unpaired) electrons. The summed E-state index contributed by atoms with van der Waals surface area (Å²) in [4.78, 5) is 0. The summed E-state index contributed by atoms with van der Waals surface area (Å²) in [6.07, 6.45) is 47.1. The van der Waals surface area contributed by atoms with Gasteiger partial charge in [-0.05, 0) is 56.6 Å². The SMILES string of the molecule is CCC1CCCCCCCCC(NCCCCCCCC2=C\C=C/C=C\C=C/C=C\C=C2)CC1. The number of allylic oxidation sites excluding steroid dienone is 12. The van der Waals surface area contributed by atoms with Gasteiger partial charge in [0.25, 0.3) is 0 Å². The molecule has 190 valence electrons. The van der Waals surface area contributed by atoms with E-state index in [1.54, 1.807) is 0 Å². The van der Waals surface area contributed by atoms with Crippen LogP contribution in [0.15, 0.2) is 72.4 Å². The molecule has 0 aromatic heterocycles. The van der Waals surface area contributed by atoms with E-state index in [4.69, 9.17) is 0 Å². The normalized spacial score (nSPS) is 26.7. The van der Waals surface area contributed by atoms with Crippen molar-refractivity contribution < 1.29 is 0 Å². The van der Waals surface area contributed by atoms with Gasteiger partial charge in [0.1, 0.15) is 0 Å². The van der Waals surface area contributed by atoms with Gasteiger partial charge in [-0.25, -0.2) is 0 Å². The van der Waals surface area contributed by atoms with Crippen molar-refractivity contribution in [3.63, 3.8) is 0 Å². The van der Waals surface area contributed by atoms with Gasteiger partial charge in [-0.3, -0.25) is 0 Å². The van der Waals surface area contributed by atoms with Crippen molar-refractivity contribution in [3.05, 3.63) is 72.4 Å². The first-order valence-electron chi connectivity index (χ1n) is 14.7. The van der Waals surface area contributed by atoms with Crippen LogP contribution in [0.25, 0.3) is 0 Å². The van der Waals surface area contributed by atoms with E-state index < -0.39 is 0 Å². The van der Waals surface area contributed by atoms with Crippen LogP contribution in [0.3, 0.4) is 0 Å². The van der Waals surface area contributed by atoms with Crippen LogP contribution in [0.5, 0.6) is 0 Å². The second-order valence-corrected chi connectivity index (χ2v) is 10.4. The van der Waals surface area contributed by atoms with Crippen LogP contribution in [0.1, 0.15) is 116 Å². The Morgan fingerprint density at radius 2 is 1.24 bits per heavy atom. The van der Waals surface area contributed by atoms with Crippen LogP contribution in [-0.2, 0) is 0 Å². The van der Waals surface area contributed by atoms with Gasteiger partial charge < -0.3 is 5.32 Å². The highest BCUT2D eigenvalue weighted by atomic mass is 14.9. The molecule has 34 heavy (non-hydrogen) atoms. The first kappa shape index (κ1) is 28.6. The molecule has 1 heteroatoms. The average molecular weight is 464 g/mol. The number of hydrogen-bond acceptors (Lipinski definition) is 1. The third-order valence-corrected chi connectivity index (χ3v) is 7.50. The fourth-order valence-electron chi connectivity index (χ4n) is 5.19.